The van der Waals surface area contributed by atoms with E-state index in [1.807, 2.05) is 4.90 Å². The van der Waals surface area contributed by atoms with Crippen LogP contribution < -0.4 is 5.32 Å². The molecule has 1 heterocycles. The fourth-order valence-corrected chi connectivity index (χ4v) is 3.02. The molecule has 0 aromatic heterocycles. The van der Waals surface area contributed by atoms with Gasteiger partial charge in [-0.15, -0.1) is 0 Å². The van der Waals surface area contributed by atoms with Crippen LogP contribution in [-0.2, 0) is 4.79 Å². The molecule has 2 aliphatic rings. The molecule has 1 saturated heterocycles. The third-order valence-electron chi connectivity index (χ3n) is 4.14. The van der Waals surface area contributed by atoms with E-state index in [-0.39, 0.29) is 11.8 Å². The Morgan fingerprint density at radius 2 is 2.00 bits per heavy atom. The van der Waals surface area contributed by atoms with Gasteiger partial charge < -0.3 is 10.2 Å². The molecule has 0 bridgehead atoms. The first kappa shape index (κ1) is 13.4. The van der Waals surface area contributed by atoms with Crippen molar-refractivity contribution in [2.24, 2.45) is 5.92 Å². The van der Waals surface area contributed by atoms with Crippen molar-refractivity contribution in [1.82, 2.24) is 10.2 Å². The number of carbonyl (C=O) groups excluding carboxylic acids is 1. The highest BCUT2D eigenvalue weighted by atomic mass is 16.2. The number of hydrogen-bond donors (Lipinski definition) is 1. The van der Waals surface area contributed by atoms with Crippen LogP contribution in [0.4, 0.5) is 0 Å². The first-order chi connectivity index (χ1) is 8.81. The Morgan fingerprint density at radius 1 is 1.22 bits per heavy atom. The third kappa shape index (κ3) is 3.46. The molecule has 1 amide bonds. The minimum atomic E-state index is 0.148. The Balaban J connectivity index is 1.65. The van der Waals surface area contributed by atoms with E-state index in [1.54, 1.807) is 0 Å². The summed E-state index contributed by atoms with van der Waals surface area (Å²) in [6.45, 7) is 2.59. The summed E-state index contributed by atoms with van der Waals surface area (Å²) >= 11 is 0. The van der Waals surface area contributed by atoms with Gasteiger partial charge in [0.05, 0.1) is 12.0 Å². The van der Waals surface area contributed by atoms with Crippen LogP contribution in [0.15, 0.2) is 0 Å². The van der Waals surface area contributed by atoms with E-state index in [1.165, 1.54) is 6.42 Å². The van der Waals surface area contributed by atoms with Gasteiger partial charge in [0.2, 0.25) is 5.91 Å². The molecule has 2 rings (SSSR count). The van der Waals surface area contributed by atoms with E-state index in [0.29, 0.717) is 12.5 Å². The van der Waals surface area contributed by atoms with Crippen LogP contribution >= 0.6 is 0 Å². The number of likely N-dealkylation sites (tertiary alicyclic amines) is 1. The van der Waals surface area contributed by atoms with Crippen molar-refractivity contribution in [2.75, 3.05) is 19.6 Å². The van der Waals surface area contributed by atoms with Gasteiger partial charge in [0.1, 0.15) is 0 Å². The summed E-state index contributed by atoms with van der Waals surface area (Å²) in [5.41, 5.74) is 0. The van der Waals surface area contributed by atoms with E-state index in [9.17, 15) is 4.79 Å². The lowest BCUT2D eigenvalue weighted by molar-refractivity contribution is -0.132. The summed E-state index contributed by atoms with van der Waals surface area (Å²) < 4.78 is 0. The lowest BCUT2D eigenvalue weighted by Gasteiger charge is -2.27. The summed E-state index contributed by atoms with van der Waals surface area (Å²) in [7, 11) is 0. The average Bonchev–Trinajstić information content (AvgIpc) is 2.87. The van der Waals surface area contributed by atoms with Crippen LogP contribution in [-0.4, -0.2) is 36.5 Å². The van der Waals surface area contributed by atoms with E-state index >= 15 is 0 Å². The second kappa shape index (κ2) is 6.75. The van der Waals surface area contributed by atoms with E-state index in [4.69, 9.17) is 5.26 Å². The normalized spacial score (nSPS) is 28.1. The number of piperidine rings is 1. The standard InChI is InChI=1S/C14H23N3O/c15-11-12-5-4-6-13(12)16-8-7-14(18)17-9-2-1-3-10-17/h12-13,16H,1-10H2. The van der Waals surface area contributed by atoms with Crippen LogP contribution in [0.3, 0.4) is 0 Å². The van der Waals surface area contributed by atoms with Gasteiger partial charge in [0, 0.05) is 32.1 Å². The number of carbonyl (C=O) groups is 1. The molecule has 100 valence electrons. The highest BCUT2D eigenvalue weighted by Crippen LogP contribution is 2.24. The predicted octanol–water partition coefficient (Wildman–Crippen LogP) is 1.67. The van der Waals surface area contributed by atoms with Gasteiger partial charge >= 0.3 is 0 Å². The Labute approximate surface area is 109 Å². The summed E-state index contributed by atoms with van der Waals surface area (Å²) in [4.78, 5) is 13.9. The molecule has 1 aliphatic heterocycles. The van der Waals surface area contributed by atoms with Crippen LogP contribution in [0.25, 0.3) is 0 Å². The van der Waals surface area contributed by atoms with E-state index in [2.05, 4.69) is 11.4 Å². The maximum Gasteiger partial charge on any atom is 0.223 e. The van der Waals surface area contributed by atoms with Crippen molar-refractivity contribution >= 4 is 5.91 Å². The molecular formula is C14H23N3O. The Hall–Kier alpha value is -1.08. The number of hydrogen-bond acceptors (Lipinski definition) is 3. The van der Waals surface area contributed by atoms with Gasteiger partial charge in [0.15, 0.2) is 0 Å². The summed E-state index contributed by atoms with van der Waals surface area (Å²) in [5.74, 6) is 0.420. The van der Waals surface area contributed by atoms with E-state index < -0.39 is 0 Å². The smallest absolute Gasteiger partial charge is 0.223 e. The van der Waals surface area contributed by atoms with Gasteiger partial charge in [-0.05, 0) is 32.1 Å². The molecule has 18 heavy (non-hydrogen) atoms. The molecule has 2 unspecified atom stereocenters. The predicted molar refractivity (Wildman–Crippen MR) is 69.8 cm³/mol. The largest absolute Gasteiger partial charge is 0.343 e. The molecular weight excluding hydrogens is 226 g/mol. The lowest BCUT2D eigenvalue weighted by atomic mass is 10.1. The Kier molecular flexibility index (Phi) is 5.00. The van der Waals surface area contributed by atoms with Gasteiger partial charge in [-0.25, -0.2) is 0 Å². The van der Waals surface area contributed by atoms with Crippen LogP contribution in [0.1, 0.15) is 44.9 Å². The first-order valence-corrected chi connectivity index (χ1v) is 7.22. The average molecular weight is 249 g/mol. The summed E-state index contributed by atoms with van der Waals surface area (Å²) in [6, 6.07) is 2.67. The van der Waals surface area contributed by atoms with Gasteiger partial charge in [0.25, 0.3) is 0 Å². The number of rotatable bonds is 4. The number of nitrogens with zero attached hydrogens (tertiary/aromatic N) is 2. The molecule has 4 nitrogen and oxygen atoms in total. The van der Waals surface area contributed by atoms with Crippen molar-refractivity contribution in [3.63, 3.8) is 0 Å². The van der Waals surface area contributed by atoms with Gasteiger partial charge in [-0.2, -0.15) is 5.26 Å². The van der Waals surface area contributed by atoms with Crippen LogP contribution in [0, 0.1) is 17.2 Å². The second-order valence-electron chi connectivity index (χ2n) is 5.42. The minimum absolute atomic E-state index is 0.148. The topological polar surface area (TPSA) is 56.1 Å². The minimum Gasteiger partial charge on any atom is -0.343 e. The van der Waals surface area contributed by atoms with Gasteiger partial charge in [-0.3, -0.25) is 4.79 Å². The molecule has 0 radical (unpaired) electrons. The molecule has 2 fully saturated rings. The zero-order valence-electron chi connectivity index (χ0n) is 11.0. The quantitative estimate of drug-likeness (QED) is 0.824. The monoisotopic (exact) mass is 249 g/mol. The van der Waals surface area contributed by atoms with Crippen molar-refractivity contribution < 1.29 is 4.79 Å². The first-order valence-electron chi connectivity index (χ1n) is 7.22. The summed E-state index contributed by atoms with van der Waals surface area (Å²) in [6.07, 6.45) is 7.36. The fourth-order valence-electron chi connectivity index (χ4n) is 3.02. The Morgan fingerprint density at radius 3 is 2.72 bits per heavy atom. The zero-order valence-corrected chi connectivity index (χ0v) is 11.0. The number of amides is 1. The molecule has 2 atom stereocenters. The highest BCUT2D eigenvalue weighted by molar-refractivity contribution is 5.76. The lowest BCUT2D eigenvalue weighted by Crippen LogP contribution is -2.39. The van der Waals surface area contributed by atoms with Crippen molar-refractivity contribution in [2.45, 2.75) is 51.0 Å². The molecule has 0 aromatic carbocycles. The van der Waals surface area contributed by atoms with Crippen molar-refractivity contribution in [1.29, 1.82) is 5.26 Å². The van der Waals surface area contributed by atoms with Gasteiger partial charge in [-0.1, -0.05) is 6.42 Å². The third-order valence-corrected chi connectivity index (χ3v) is 4.14. The molecule has 4 heteroatoms. The fraction of sp³-hybridized carbons (Fsp3) is 0.857. The maximum atomic E-state index is 11.9. The SMILES string of the molecule is N#CC1CCCC1NCCC(=O)N1CCCCC1. The molecule has 0 aromatic rings. The molecule has 0 spiro atoms. The second-order valence-corrected chi connectivity index (χ2v) is 5.42. The molecule has 1 aliphatic carbocycles. The van der Waals surface area contributed by atoms with E-state index in [0.717, 1.165) is 51.7 Å². The number of nitriles is 1. The highest BCUT2D eigenvalue weighted by Gasteiger charge is 2.26. The number of nitrogens with one attached hydrogen (secondary N) is 1. The zero-order chi connectivity index (χ0) is 12.8. The van der Waals surface area contributed by atoms with Crippen molar-refractivity contribution in [3.8, 4) is 6.07 Å². The summed E-state index contributed by atoms with van der Waals surface area (Å²) in [5, 5.41) is 12.4. The van der Waals surface area contributed by atoms with Crippen LogP contribution in [0.2, 0.25) is 0 Å². The van der Waals surface area contributed by atoms with Crippen molar-refractivity contribution in [3.05, 3.63) is 0 Å². The molecule has 1 N–H and O–H groups in total. The van der Waals surface area contributed by atoms with Crippen LogP contribution in [0.5, 0.6) is 0 Å². The Bertz CT molecular complexity index is 317. The maximum absolute atomic E-state index is 11.9. The molecule has 1 saturated carbocycles.